The van der Waals surface area contributed by atoms with Crippen LogP contribution in [0.25, 0.3) is 0 Å². The number of amides is 1. The molecule has 1 aliphatic heterocycles. The minimum Gasteiger partial charge on any atom is -0.454 e. The highest BCUT2D eigenvalue weighted by Gasteiger charge is 2.18. The maximum atomic E-state index is 11.9. The van der Waals surface area contributed by atoms with E-state index in [9.17, 15) is 4.79 Å². The lowest BCUT2D eigenvalue weighted by Gasteiger charge is -2.07. The maximum Gasteiger partial charge on any atom is 0.275 e. The monoisotopic (exact) mass is 277 g/mol. The van der Waals surface area contributed by atoms with E-state index in [4.69, 9.17) is 21.1 Å². The molecule has 1 aliphatic rings. The first-order valence-electron chi connectivity index (χ1n) is 5.40. The predicted molar refractivity (Wildman–Crippen MR) is 67.6 cm³/mol. The van der Waals surface area contributed by atoms with E-state index in [0.717, 1.165) is 0 Å². The Bertz CT molecular complexity index is 634. The van der Waals surface area contributed by atoms with Crippen molar-refractivity contribution in [1.82, 2.24) is 9.97 Å². The van der Waals surface area contributed by atoms with Gasteiger partial charge in [0.05, 0.1) is 16.9 Å². The van der Waals surface area contributed by atoms with Crippen LogP contribution in [0.1, 0.15) is 10.5 Å². The third-order valence-corrected chi connectivity index (χ3v) is 2.82. The van der Waals surface area contributed by atoms with Crippen LogP contribution in [-0.4, -0.2) is 22.7 Å². The van der Waals surface area contributed by atoms with Gasteiger partial charge in [0.1, 0.15) is 5.69 Å². The van der Waals surface area contributed by atoms with E-state index < -0.39 is 5.91 Å². The summed E-state index contributed by atoms with van der Waals surface area (Å²) in [6.07, 6.45) is 4.30. The summed E-state index contributed by atoms with van der Waals surface area (Å²) in [5, 5.41) is 3.01. The van der Waals surface area contributed by atoms with Crippen molar-refractivity contribution < 1.29 is 14.3 Å². The summed E-state index contributed by atoms with van der Waals surface area (Å²) in [5.74, 6) is 0.704. The van der Waals surface area contributed by atoms with Gasteiger partial charge in [0.15, 0.2) is 11.5 Å². The van der Waals surface area contributed by atoms with Crippen molar-refractivity contribution in [3.05, 3.63) is 41.4 Å². The third kappa shape index (κ3) is 2.30. The fourth-order valence-corrected chi connectivity index (χ4v) is 1.82. The first-order chi connectivity index (χ1) is 9.24. The number of ether oxygens (including phenoxy) is 2. The number of halogens is 1. The molecule has 0 saturated carbocycles. The molecule has 0 radical (unpaired) electrons. The zero-order chi connectivity index (χ0) is 13.2. The fourth-order valence-electron chi connectivity index (χ4n) is 1.62. The van der Waals surface area contributed by atoms with Crippen molar-refractivity contribution in [3.63, 3.8) is 0 Å². The van der Waals surface area contributed by atoms with E-state index in [-0.39, 0.29) is 12.5 Å². The van der Waals surface area contributed by atoms with Gasteiger partial charge in [-0.05, 0) is 0 Å². The molecule has 0 spiro atoms. The van der Waals surface area contributed by atoms with Crippen LogP contribution in [-0.2, 0) is 0 Å². The Morgan fingerprint density at radius 1 is 1.26 bits per heavy atom. The molecular weight excluding hydrogens is 270 g/mol. The van der Waals surface area contributed by atoms with Crippen molar-refractivity contribution in [2.24, 2.45) is 0 Å². The Balaban J connectivity index is 1.86. The molecule has 7 heteroatoms. The van der Waals surface area contributed by atoms with Gasteiger partial charge in [0.2, 0.25) is 6.79 Å². The van der Waals surface area contributed by atoms with Crippen LogP contribution in [0.4, 0.5) is 5.69 Å². The highest BCUT2D eigenvalue weighted by Crippen LogP contribution is 2.39. The number of nitrogens with zero attached hydrogens (tertiary/aromatic N) is 2. The molecule has 0 atom stereocenters. The van der Waals surface area contributed by atoms with Gasteiger partial charge in [0.25, 0.3) is 5.91 Å². The number of aromatic nitrogens is 2. The van der Waals surface area contributed by atoms with Crippen LogP contribution < -0.4 is 14.8 Å². The highest BCUT2D eigenvalue weighted by molar-refractivity contribution is 6.34. The van der Waals surface area contributed by atoms with Crippen molar-refractivity contribution in [3.8, 4) is 11.5 Å². The van der Waals surface area contributed by atoms with Crippen molar-refractivity contribution in [1.29, 1.82) is 0 Å². The number of anilines is 1. The smallest absolute Gasteiger partial charge is 0.275 e. The Morgan fingerprint density at radius 2 is 2.05 bits per heavy atom. The summed E-state index contributed by atoms with van der Waals surface area (Å²) in [4.78, 5) is 19.7. The van der Waals surface area contributed by atoms with Crippen LogP contribution >= 0.6 is 11.6 Å². The number of rotatable bonds is 2. The van der Waals surface area contributed by atoms with Gasteiger partial charge in [-0.2, -0.15) is 0 Å². The van der Waals surface area contributed by atoms with Crippen LogP contribution in [0, 0.1) is 0 Å². The lowest BCUT2D eigenvalue weighted by molar-refractivity contribution is 0.102. The summed E-state index contributed by atoms with van der Waals surface area (Å²) < 4.78 is 10.4. The minimum atomic E-state index is -0.395. The summed E-state index contributed by atoms with van der Waals surface area (Å²) >= 11 is 6.05. The molecule has 0 unspecified atom stereocenters. The van der Waals surface area contributed by atoms with E-state index in [2.05, 4.69) is 15.3 Å². The molecule has 96 valence electrons. The van der Waals surface area contributed by atoms with Gasteiger partial charge < -0.3 is 14.8 Å². The minimum absolute atomic E-state index is 0.146. The molecule has 1 amide bonds. The average molecular weight is 278 g/mol. The van der Waals surface area contributed by atoms with Gasteiger partial charge >= 0.3 is 0 Å². The van der Waals surface area contributed by atoms with E-state index in [1.165, 1.54) is 18.6 Å². The predicted octanol–water partition coefficient (Wildman–Crippen LogP) is 2.11. The summed E-state index contributed by atoms with van der Waals surface area (Å²) in [6.45, 7) is 0.146. The molecule has 1 aromatic heterocycles. The summed E-state index contributed by atoms with van der Waals surface area (Å²) in [7, 11) is 0. The lowest BCUT2D eigenvalue weighted by atomic mass is 10.2. The number of carbonyl (C=O) groups is 1. The number of nitrogens with one attached hydrogen (secondary N) is 1. The Hall–Kier alpha value is -2.34. The molecule has 0 bridgehead atoms. The SMILES string of the molecule is O=C(Nc1cc2c(cc1Cl)OCO2)c1cnccn1. The van der Waals surface area contributed by atoms with Crippen LogP contribution in [0.5, 0.6) is 11.5 Å². The molecule has 0 saturated heterocycles. The second kappa shape index (κ2) is 4.74. The molecule has 2 heterocycles. The largest absolute Gasteiger partial charge is 0.454 e. The van der Waals surface area contributed by atoms with Crippen molar-refractivity contribution in [2.45, 2.75) is 0 Å². The molecule has 0 fully saturated rings. The first-order valence-corrected chi connectivity index (χ1v) is 5.78. The maximum absolute atomic E-state index is 11.9. The molecule has 0 aliphatic carbocycles. The molecule has 6 nitrogen and oxygen atoms in total. The highest BCUT2D eigenvalue weighted by atomic mass is 35.5. The molecule has 2 aromatic rings. The second-order valence-corrected chi connectivity index (χ2v) is 4.14. The van der Waals surface area contributed by atoms with Crippen molar-refractivity contribution in [2.75, 3.05) is 12.1 Å². The normalized spacial score (nSPS) is 12.3. The third-order valence-electron chi connectivity index (χ3n) is 2.51. The van der Waals surface area contributed by atoms with E-state index >= 15 is 0 Å². The Labute approximate surface area is 113 Å². The fraction of sp³-hybridized carbons (Fsp3) is 0.0833. The van der Waals surface area contributed by atoms with Crippen LogP contribution in [0.15, 0.2) is 30.7 Å². The quantitative estimate of drug-likeness (QED) is 0.910. The van der Waals surface area contributed by atoms with E-state index in [1.54, 1.807) is 12.1 Å². The van der Waals surface area contributed by atoms with Gasteiger partial charge in [0, 0.05) is 24.5 Å². The van der Waals surface area contributed by atoms with Crippen LogP contribution in [0.3, 0.4) is 0 Å². The number of fused-ring (bicyclic) bond motifs is 1. The molecule has 19 heavy (non-hydrogen) atoms. The van der Waals surface area contributed by atoms with E-state index in [0.29, 0.717) is 22.2 Å². The number of hydrogen-bond acceptors (Lipinski definition) is 5. The summed E-state index contributed by atoms with van der Waals surface area (Å²) in [5.41, 5.74) is 0.637. The molecule has 1 aromatic carbocycles. The number of hydrogen-bond donors (Lipinski definition) is 1. The van der Waals surface area contributed by atoms with Gasteiger partial charge in [-0.15, -0.1) is 0 Å². The van der Waals surface area contributed by atoms with Gasteiger partial charge in [-0.1, -0.05) is 11.6 Å². The lowest BCUT2D eigenvalue weighted by Crippen LogP contribution is -2.14. The van der Waals surface area contributed by atoms with Gasteiger partial charge in [-0.25, -0.2) is 4.98 Å². The van der Waals surface area contributed by atoms with E-state index in [1.807, 2.05) is 0 Å². The Kier molecular flexibility index (Phi) is 2.92. The second-order valence-electron chi connectivity index (χ2n) is 3.73. The topological polar surface area (TPSA) is 73.3 Å². The van der Waals surface area contributed by atoms with Gasteiger partial charge in [-0.3, -0.25) is 9.78 Å². The molecular formula is C12H8ClN3O3. The summed E-state index contributed by atoms with van der Waals surface area (Å²) in [6, 6.07) is 3.20. The molecule has 1 N–H and O–H groups in total. The van der Waals surface area contributed by atoms with Crippen LogP contribution in [0.2, 0.25) is 5.02 Å². The zero-order valence-corrected chi connectivity index (χ0v) is 10.3. The average Bonchev–Trinajstić information content (AvgIpc) is 2.87. The van der Waals surface area contributed by atoms with Crippen molar-refractivity contribution >= 4 is 23.2 Å². The number of carbonyl (C=O) groups excluding carboxylic acids is 1. The standard InChI is InChI=1S/C12H8ClN3O3/c13-7-3-10-11(19-6-18-10)4-8(7)16-12(17)9-5-14-1-2-15-9/h1-5H,6H2,(H,16,17). The zero-order valence-electron chi connectivity index (χ0n) is 9.59. The Morgan fingerprint density at radius 3 is 2.79 bits per heavy atom. The number of benzene rings is 1. The first kappa shape index (κ1) is 11.7. The molecule has 3 rings (SSSR count).